The third-order valence-corrected chi connectivity index (χ3v) is 5.88. The second kappa shape index (κ2) is 10.8. The molecule has 1 heterocycles. The molecule has 1 N–H and O–H groups in total. The van der Waals surface area contributed by atoms with Gasteiger partial charge < -0.3 is 19.7 Å². The second-order valence-corrected chi connectivity index (χ2v) is 8.86. The molecule has 34 heavy (non-hydrogen) atoms. The summed E-state index contributed by atoms with van der Waals surface area (Å²) in [6, 6.07) is 18.3. The normalized spacial score (nSPS) is 12.7. The molecular weight excluding hydrogens is 475 g/mol. The minimum atomic E-state index is -0.154. The Bertz CT molecular complexity index is 1200. The first-order valence-electron chi connectivity index (χ1n) is 10.9. The average Bonchev–Trinajstić information content (AvgIpc) is 2.81. The number of hydrogen-bond acceptors (Lipinski definition) is 4. The summed E-state index contributed by atoms with van der Waals surface area (Å²) in [7, 11) is 0. The molecule has 176 valence electrons. The molecular formula is C26H24Cl2N2O4. The summed E-state index contributed by atoms with van der Waals surface area (Å²) < 4.78 is 11.2. The fourth-order valence-electron chi connectivity index (χ4n) is 3.56. The monoisotopic (exact) mass is 498 g/mol. The summed E-state index contributed by atoms with van der Waals surface area (Å²) in [4.78, 5) is 26.7. The summed E-state index contributed by atoms with van der Waals surface area (Å²) in [6.45, 7) is 2.78. The molecule has 1 aliphatic rings. The molecule has 2 amide bonds. The van der Waals surface area contributed by atoms with E-state index in [4.69, 9.17) is 32.7 Å². The van der Waals surface area contributed by atoms with Crippen molar-refractivity contribution in [3.05, 3.63) is 81.8 Å². The highest BCUT2D eigenvalue weighted by molar-refractivity contribution is 6.35. The van der Waals surface area contributed by atoms with Gasteiger partial charge in [0.1, 0.15) is 11.5 Å². The summed E-state index contributed by atoms with van der Waals surface area (Å²) in [5.74, 6) is 0.853. The molecule has 0 radical (unpaired) electrons. The standard InChI is InChI=1S/C26H24Cl2N2O4/c1-17-4-6-18(7-5-17)15-30-22-14-20(9-11-24(22)34-16-26(30)32)29-25(31)3-2-12-33-23-10-8-19(27)13-21(23)28/h4-11,13-14H,2-3,12,15-16H2,1H3,(H,29,31). The number of rotatable bonds is 8. The van der Waals surface area contributed by atoms with E-state index in [0.29, 0.717) is 52.5 Å². The maximum Gasteiger partial charge on any atom is 0.265 e. The number of anilines is 2. The van der Waals surface area contributed by atoms with E-state index in [9.17, 15) is 9.59 Å². The van der Waals surface area contributed by atoms with Crippen molar-refractivity contribution >= 4 is 46.4 Å². The Morgan fingerprint density at radius 1 is 1.09 bits per heavy atom. The maximum absolute atomic E-state index is 12.6. The lowest BCUT2D eigenvalue weighted by atomic mass is 10.1. The van der Waals surface area contributed by atoms with Gasteiger partial charge in [0.15, 0.2) is 6.61 Å². The van der Waals surface area contributed by atoms with Gasteiger partial charge in [0.05, 0.1) is 23.9 Å². The van der Waals surface area contributed by atoms with E-state index in [2.05, 4.69) is 5.32 Å². The molecule has 0 spiro atoms. The fraction of sp³-hybridized carbons (Fsp3) is 0.231. The largest absolute Gasteiger partial charge is 0.492 e. The number of benzene rings is 3. The van der Waals surface area contributed by atoms with Crippen LogP contribution >= 0.6 is 23.2 Å². The lowest BCUT2D eigenvalue weighted by Crippen LogP contribution is -2.38. The molecule has 8 heteroatoms. The van der Waals surface area contributed by atoms with Crippen LogP contribution < -0.4 is 19.7 Å². The molecule has 3 aromatic carbocycles. The van der Waals surface area contributed by atoms with E-state index in [-0.39, 0.29) is 24.8 Å². The van der Waals surface area contributed by atoms with Crippen LogP contribution in [0.2, 0.25) is 10.0 Å². The van der Waals surface area contributed by atoms with E-state index >= 15 is 0 Å². The van der Waals surface area contributed by atoms with Crippen molar-refractivity contribution in [2.24, 2.45) is 0 Å². The van der Waals surface area contributed by atoms with Crippen molar-refractivity contribution in [2.75, 3.05) is 23.4 Å². The van der Waals surface area contributed by atoms with Gasteiger partial charge in [-0.1, -0.05) is 53.0 Å². The predicted octanol–water partition coefficient (Wildman–Crippen LogP) is 6.03. The fourth-order valence-corrected chi connectivity index (χ4v) is 4.02. The van der Waals surface area contributed by atoms with Crippen LogP contribution in [0.25, 0.3) is 0 Å². The van der Waals surface area contributed by atoms with Gasteiger partial charge in [0, 0.05) is 17.1 Å². The number of carbonyl (C=O) groups excluding carboxylic acids is 2. The first kappa shape index (κ1) is 23.9. The van der Waals surface area contributed by atoms with Crippen LogP contribution in [0.3, 0.4) is 0 Å². The van der Waals surface area contributed by atoms with Crippen molar-refractivity contribution in [3.8, 4) is 11.5 Å². The topological polar surface area (TPSA) is 67.9 Å². The molecule has 0 fully saturated rings. The quantitative estimate of drug-likeness (QED) is 0.385. The minimum absolute atomic E-state index is 0.0117. The molecule has 0 aliphatic carbocycles. The van der Waals surface area contributed by atoms with Gasteiger partial charge in [-0.2, -0.15) is 0 Å². The van der Waals surface area contributed by atoms with Gasteiger partial charge in [-0.3, -0.25) is 9.59 Å². The van der Waals surface area contributed by atoms with Gasteiger partial charge in [-0.15, -0.1) is 0 Å². The molecule has 0 aromatic heterocycles. The van der Waals surface area contributed by atoms with Crippen LogP contribution in [0.4, 0.5) is 11.4 Å². The minimum Gasteiger partial charge on any atom is -0.492 e. The lowest BCUT2D eigenvalue weighted by molar-refractivity contribution is -0.121. The Labute approximate surface area is 208 Å². The molecule has 0 unspecified atom stereocenters. The highest BCUT2D eigenvalue weighted by Crippen LogP contribution is 2.35. The van der Waals surface area contributed by atoms with Crippen molar-refractivity contribution in [1.29, 1.82) is 0 Å². The summed E-state index contributed by atoms with van der Waals surface area (Å²) in [6.07, 6.45) is 0.779. The van der Waals surface area contributed by atoms with Crippen LogP contribution in [0.5, 0.6) is 11.5 Å². The molecule has 0 bridgehead atoms. The van der Waals surface area contributed by atoms with Gasteiger partial charge in [0.25, 0.3) is 5.91 Å². The zero-order chi connectivity index (χ0) is 24.1. The van der Waals surface area contributed by atoms with Crippen molar-refractivity contribution < 1.29 is 19.1 Å². The Balaban J connectivity index is 1.35. The van der Waals surface area contributed by atoms with Gasteiger partial charge in [-0.25, -0.2) is 0 Å². The van der Waals surface area contributed by atoms with Crippen LogP contribution in [-0.4, -0.2) is 25.0 Å². The van der Waals surface area contributed by atoms with Crippen molar-refractivity contribution in [2.45, 2.75) is 26.3 Å². The van der Waals surface area contributed by atoms with Gasteiger partial charge in [-0.05, 0) is 55.3 Å². The number of halogens is 2. The average molecular weight is 499 g/mol. The zero-order valence-corrected chi connectivity index (χ0v) is 20.2. The van der Waals surface area contributed by atoms with Crippen LogP contribution in [0.1, 0.15) is 24.0 Å². The molecule has 0 saturated carbocycles. The number of hydrogen-bond donors (Lipinski definition) is 1. The van der Waals surface area contributed by atoms with E-state index in [0.717, 1.165) is 11.1 Å². The van der Waals surface area contributed by atoms with Crippen LogP contribution in [0.15, 0.2) is 60.7 Å². The number of aryl methyl sites for hydroxylation is 1. The van der Waals surface area contributed by atoms with E-state index in [1.165, 1.54) is 0 Å². The predicted molar refractivity (Wildman–Crippen MR) is 134 cm³/mol. The molecule has 4 rings (SSSR count). The first-order chi connectivity index (χ1) is 16.4. The number of amides is 2. The second-order valence-electron chi connectivity index (χ2n) is 8.01. The zero-order valence-electron chi connectivity index (χ0n) is 18.6. The van der Waals surface area contributed by atoms with Crippen molar-refractivity contribution in [1.82, 2.24) is 0 Å². The van der Waals surface area contributed by atoms with Gasteiger partial charge in [0.2, 0.25) is 5.91 Å². The third kappa shape index (κ3) is 6.01. The van der Waals surface area contributed by atoms with Gasteiger partial charge >= 0.3 is 0 Å². The highest BCUT2D eigenvalue weighted by Gasteiger charge is 2.26. The third-order valence-electron chi connectivity index (χ3n) is 5.35. The number of nitrogens with one attached hydrogen (secondary N) is 1. The Hall–Kier alpha value is -3.22. The molecule has 1 aliphatic heterocycles. The lowest BCUT2D eigenvalue weighted by Gasteiger charge is -2.30. The van der Waals surface area contributed by atoms with E-state index in [1.807, 2.05) is 31.2 Å². The van der Waals surface area contributed by atoms with Crippen LogP contribution in [-0.2, 0) is 16.1 Å². The number of carbonyl (C=O) groups is 2. The molecule has 0 atom stereocenters. The Morgan fingerprint density at radius 2 is 1.88 bits per heavy atom. The molecule has 3 aromatic rings. The molecule has 0 saturated heterocycles. The number of ether oxygens (including phenoxy) is 2. The SMILES string of the molecule is Cc1ccc(CN2C(=O)COc3ccc(NC(=O)CCCOc4ccc(Cl)cc4Cl)cc32)cc1. The Morgan fingerprint density at radius 3 is 2.65 bits per heavy atom. The highest BCUT2D eigenvalue weighted by atomic mass is 35.5. The smallest absolute Gasteiger partial charge is 0.265 e. The molecule has 6 nitrogen and oxygen atoms in total. The summed E-state index contributed by atoms with van der Waals surface area (Å²) in [5, 5.41) is 3.85. The van der Waals surface area contributed by atoms with Crippen LogP contribution in [0, 0.1) is 6.92 Å². The summed E-state index contributed by atoms with van der Waals surface area (Å²) >= 11 is 12.0. The van der Waals surface area contributed by atoms with E-state index in [1.54, 1.807) is 41.3 Å². The maximum atomic E-state index is 12.6. The summed E-state index contributed by atoms with van der Waals surface area (Å²) in [5.41, 5.74) is 3.40. The van der Waals surface area contributed by atoms with E-state index < -0.39 is 0 Å². The Kier molecular flexibility index (Phi) is 7.60. The van der Waals surface area contributed by atoms with Crippen molar-refractivity contribution in [3.63, 3.8) is 0 Å². The number of nitrogens with zero attached hydrogens (tertiary/aromatic N) is 1. The first-order valence-corrected chi connectivity index (χ1v) is 11.6. The number of fused-ring (bicyclic) bond motifs is 1.